The average Bonchev–Trinajstić information content (AvgIpc) is 3.00. The van der Waals surface area contributed by atoms with Gasteiger partial charge >= 0.3 is 0 Å². The lowest BCUT2D eigenvalue weighted by Gasteiger charge is -2.15. The summed E-state index contributed by atoms with van der Waals surface area (Å²) in [7, 11) is 0. The van der Waals surface area contributed by atoms with Gasteiger partial charge in [-0.2, -0.15) is 0 Å². The van der Waals surface area contributed by atoms with Crippen LogP contribution in [0.1, 0.15) is 58.7 Å². The normalized spacial score (nSPS) is 14.9. The van der Waals surface area contributed by atoms with E-state index < -0.39 is 0 Å². The van der Waals surface area contributed by atoms with Crippen molar-refractivity contribution in [3.8, 4) is 0 Å². The predicted octanol–water partition coefficient (Wildman–Crippen LogP) is 4.10. The fourth-order valence-corrected chi connectivity index (χ4v) is 3.02. The minimum absolute atomic E-state index is 0. The summed E-state index contributed by atoms with van der Waals surface area (Å²) in [5, 5.41) is 6.78. The zero-order valence-electron chi connectivity index (χ0n) is 15.9. The zero-order chi connectivity index (χ0) is 17.2. The van der Waals surface area contributed by atoms with Crippen LogP contribution in [-0.4, -0.2) is 28.6 Å². The number of halogens is 1. The van der Waals surface area contributed by atoms with Gasteiger partial charge in [-0.1, -0.05) is 25.5 Å². The third kappa shape index (κ3) is 8.25. The standard InChI is InChI=1S/C19H33N5.HI/c1-4-20-19(22-11-10-17-8-6-5-7-9-17)23-14-18-21-12-13-24(18)15-16(2)3;/h8,12-13,16H,4-7,9-11,14-15H2,1-3H3,(H2,20,22,23);1H. The van der Waals surface area contributed by atoms with Gasteiger partial charge in [-0.25, -0.2) is 9.98 Å². The topological polar surface area (TPSA) is 54.2 Å². The lowest BCUT2D eigenvalue weighted by Crippen LogP contribution is -2.38. The highest BCUT2D eigenvalue weighted by Gasteiger charge is 2.06. The minimum atomic E-state index is 0. The molecule has 1 aliphatic rings. The molecule has 2 N–H and O–H groups in total. The maximum Gasteiger partial charge on any atom is 0.191 e. The Morgan fingerprint density at radius 2 is 2.16 bits per heavy atom. The molecule has 1 heterocycles. The van der Waals surface area contributed by atoms with Crippen molar-refractivity contribution in [1.82, 2.24) is 20.2 Å². The van der Waals surface area contributed by atoms with E-state index in [4.69, 9.17) is 4.99 Å². The molecule has 0 saturated heterocycles. The van der Waals surface area contributed by atoms with E-state index in [1.54, 1.807) is 5.57 Å². The second-order valence-electron chi connectivity index (χ2n) is 6.87. The third-order valence-electron chi connectivity index (χ3n) is 4.21. The molecule has 5 nitrogen and oxygen atoms in total. The molecule has 6 heteroatoms. The van der Waals surface area contributed by atoms with Crippen molar-refractivity contribution >= 4 is 29.9 Å². The lowest BCUT2D eigenvalue weighted by molar-refractivity contribution is 0.507. The second-order valence-corrected chi connectivity index (χ2v) is 6.87. The number of hydrogen-bond donors (Lipinski definition) is 2. The number of aliphatic imine (C=N–C) groups is 1. The van der Waals surface area contributed by atoms with Crippen LogP contribution in [0.4, 0.5) is 0 Å². The van der Waals surface area contributed by atoms with Crippen molar-refractivity contribution in [2.75, 3.05) is 13.1 Å². The quantitative estimate of drug-likeness (QED) is 0.266. The molecule has 1 aliphatic carbocycles. The van der Waals surface area contributed by atoms with E-state index in [0.29, 0.717) is 12.5 Å². The highest BCUT2D eigenvalue weighted by atomic mass is 127. The molecule has 142 valence electrons. The number of hydrogen-bond acceptors (Lipinski definition) is 2. The van der Waals surface area contributed by atoms with E-state index in [1.165, 1.54) is 25.7 Å². The predicted molar refractivity (Wildman–Crippen MR) is 116 cm³/mol. The first-order valence-corrected chi connectivity index (χ1v) is 9.39. The average molecular weight is 459 g/mol. The molecule has 0 bridgehead atoms. The van der Waals surface area contributed by atoms with Gasteiger partial charge in [0.25, 0.3) is 0 Å². The molecule has 0 radical (unpaired) electrons. The van der Waals surface area contributed by atoms with E-state index in [9.17, 15) is 0 Å². The molecule has 1 aromatic heterocycles. The summed E-state index contributed by atoms with van der Waals surface area (Å²) in [5.74, 6) is 2.51. The van der Waals surface area contributed by atoms with Crippen LogP contribution in [0, 0.1) is 5.92 Å². The summed E-state index contributed by atoms with van der Waals surface area (Å²) >= 11 is 0. The van der Waals surface area contributed by atoms with Crippen LogP contribution in [-0.2, 0) is 13.1 Å². The van der Waals surface area contributed by atoms with E-state index >= 15 is 0 Å². The Morgan fingerprint density at radius 1 is 1.32 bits per heavy atom. The Kier molecular flexibility index (Phi) is 10.8. The summed E-state index contributed by atoms with van der Waals surface area (Å²) in [6.07, 6.45) is 12.7. The maximum atomic E-state index is 4.70. The van der Waals surface area contributed by atoms with E-state index in [2.05, 4.69) is 47.0 Å². The minimum Gasteiger partial charge on any atom is -0.357 e. The van der Waals surface area contributed by atoms with Crippen LogP contribution in [0.3, 0.4) is 0 Å². The van der Waals surface area contributed by atoms with Gasteiger partial charge in [0.1, 0.15) is 12.4 Å². The third-order valence-corrected chi connectivity index (χ3v) is 4.21. The van der Waals surface area contributed by atoms with Gasteiger partial charge in [-0.3, -0.25) is 0 Å². The number of imidazole rings is 1. The van der Waals surface area contributed by atoms with Crippen LogP contribution in [0.5, 0.6) is 0 Å². The van der Waals surface area contributed by atoms with Gasteiger partial charge in [-0.15, -0.1) is 24.0 Å². The zero-order valence-corrected chi connectivity index (χ0v) is 18.3. The number of rotatable bonds is 8. The number of nitrogens with zero attached hydrogens (tertiary/aromatic N) is 3. The lowest BCUT2D eigenvalue weighted by atomic mass is 9.97. The molecule has 25 heavy (non-hydrogen) atoms. The van der Waals surface area contributed by atoms with Crippen molar-refractivity contribution in [2.45, 2.75) is 66.0 Å². The van der Waals surface area contributed by atoms with E-state index in [0.717, 1.165) is 37.8 Å². The summed E-state index contributed by atoms with van der Waals surface area (Å²) in [6, 6.07) is 0. The Labute approximate surface area is 169 Å². The highest BCUT2D eigenvalue weighted by molar-refractivity contribution is 14.0. The van der Waals surface area contributed by atoms with Gasteiger partial charge < -0.3 is 15.2 Å². The molecule has 0 unspecified atom stereocenters. The molecule has 2 rings (SSSR count). The molecule has 0 saturated carbocycles. The summed E-state index contributed by atoms with van der Waals surface area (Å²) in [5.41, 5.74) is 1.59. The molecule has 0 aliphatic heterocycles. The van der Waals surface area contributed by atoms with Crippen LogP contribution in [0.25, 0.3) is 0 Å². The Balaban J connectivity index is 0.00000312. The Morgan fingerprint density at radius 3 is 2.84 bits per heavy atom. The number of aromatic nitrogens is 2. The fraction of sp³-hybridized carbons (Fsp3) is 0.684. The monoisotopic (exact) mass is 459 g/mol. The van der Waals surface area contributed by atoms with Crippen LogP contribution >= 0.6 is 24.0 Å². The van der Waals surface area contributed by atoms with Gasteiger partial charge in [-0.05, 0) is 44.9 Å². The first-order valence-electron chi connectivity index (χ1n) is 9.39. The van der Waals surface area contributed by atoms with Gasteiger partial charge in [0.05, 0.1) is 0 Å². The first-order chi connectivity index (χ1) is 11.7. The Bertz CT molecular complexity index is 548. The molecule has 0 amide bonds. The molecular formula is C19H34IN5. The smallest absolute Gasteiger partial charge is 0.191 e. The maximum absolute atomic E-state index is 4.70. The summed E-state index contributed by atoms with van der Waals surface area (Å²) < 4.78 is 2.20. The van der Waals surface area contributed by atoms with E-state index in [-0.39, 0.29) is 24.0 Å². The molecule has 0 aromatic carbocycles. The number of guanidine groups is 1. The summed E-state index contributed by atoms with van der Waals surface area (Å²) in [6.45, 7) is 9.95. The Hall–Kier alpha value is -1.05. The molecule has 0 atom stereocenters. The SMILES string of the molecule is CCNC(=NCc1nccn1CC(C)C)NCCC1=CCCCC1.I. The molecule has 0 fully saturated rings. The first kappa shape index (κ1) is 22.0. The van der Waals surface area contributed by atoms with Crippen molar-refractivity contribution in [3.63, 3.8) is 0 Å². The fourth-order valence-electron chi connectivity index (χ4n) is 3.02. The molecule has 1 aromatic rings. The van der Waals surface area contributed by atoms with Crippen molar-refractivity contribution in [3.05, 3.63) is 29.9 Å². The molecule has 0 spiro atoms. The number of allylic oxidation sites excluding steroid dienone is 1. The second kappa shape index (κ2) is 12.3. The van der Waals surface area contributed by atoms with Crippen LogP contribution in [0.15, 0.2) is 29.0 Å². The van der Waals surface area contributed by atoms with Crippen molar-refractivity contribution in [2.24, 2.45) is 10.9 Å². The van der Waals surface area contributed by atoms with Crippen molar-refractivity contribution in [1.29, 1.82) is 0 Å². The van der Waals surface area contributed by atoms with Gasteiger partial charge in [0.15, 0.2) is 5.96 Å². The van der Waals surface area contributed by atoms with Crippen LogP contribution < -0.4 is 10.6 Å². The largest absolute Gasteiger partial charge is 0.357 e. The van der Waals surface area contributed by atoms with Crippen molar-refractivity contribution < 1.29 is 0 Å². The highest BCUT2D eigenvalue weighted by Crippen LogP contribution is 2.19. The van der Waals surface area contributed by atoms with Crippen LogP contribution in [0.2, 0.25) is 0 Å². The van der Waals surface area contributed by atoms with Gasteiger partial charge in [0, 0.05) is 32.0 Å². The summed E-state index contributed by atoms with van der Waals surface area (Å²) in [4.78, 5) is 9.14. The molecular weight excluding hydrogens is 425 g/mol. The van der Waals surface area contributed by atoms with E-state index in [1.807, 2.05) is 12.4 Å². The number of nitrogens with one attached hydrogen (secondary N) is 2. The van der Waals surface area contributed by atoms with Gasteiger partial charge in [0.2, 0.25) is 0 Å².